The number of benzene rings is 1. The first-order chi connectivity index (χ1) is 9.13. The zero-order chi connectivity index (χ0) is 14.1. The van der Waals surface area contributed by atoms with Crippen LogP contribution in [-0.2, 0) is 0 Å². The minimum atomic E-state index is 0.600. The Hall–Kier alpha value is -0.730. The maximum absolute atomic E-state index is 6.11. The standard InChI is InChI=1S/C16H26ClNO/c1-4-10-18-14(3)7-5-6-11-19-16-9-8-13(2)12-15(16)17/h8-9,12,14,18H,4-7,10-11H2,1-3H3. The third kappa shape index (κ3) is 6.84. The van der Waals surface area contributed by atoms with Crippen LogP contribution >= 0.6 is 11.6 Å². The Morgan fingerprint density at radius 3 is 2.79 bits per heavy atom. The molecule has 0 aromatic heterocycles. The van der Waals surface area contributed by atoms with E-state index in [4.69, 9.17) is 16.3 Å². The van der Waals surface area contributed by atoms with E-state index in [0.29, 0.717) is 11.1 Å². The van der Waals surface area contributed by atoms with Crippen molar-refractivity contribution < 1.29 is 4.74 Å². The van der Waals surface area contributed by atoms with Crippen molar-refractivity contribution in [3.8, 4) is 5.75 Å². The first kappa shape index (κ1) is 16.3. The van der Waals surface area contributed by atoms with Gasteiger partial charge in [0.05, 0.1) is 11.6 Å². The molecule has 1 rings (SSSR count). The molecule has 0 aliphatic heterocycles. The van der Waals surface area contributed by atoms with E-state index in [1.54, 1.807) is 0 Å². The van der Waals surface area contributed by atoms with E-state index < -0.39 is 0 Å². The van der Waals surface area contributed by atoms with E-state index in [1.807, 2.05) is 25.1 Å². The molecule has 0 radical (unpaired) electrons. The highest BCUT2D eigenvalue weighted by molar-refractivity contribution is 6.32. The van der Waals surface area contributed by atoms with Crippen LogP contribution in [0.5, 0.6) is 5.75 Å². The van der Waals surface area contributed by atoms with Crippen molar-refractivity contribution in [1.29, 1.82) is 0 Å². The van der Waals surface area contributed by atoms with E-state index in [-0.39, 0.29) is 0 Å². The molecule has 19 heavy (non-hydrogen) atoms. The van der Waals surface area contributed by atoms with Crippen molar-refractivity contribution in [3.05, 3.63) is 28.8 Å². The minimum Gasteiger partial charge on any atom is -0.492 e. The molecule has 0 spiro atoms. The fourth-order valence-corrected chi connectivity index (χ4v) is 2.24. The average Bonchev–Trinajstić information content (AvgIpc) is 2.38. The van der Waals surface area contributed by atoms with Gasteiger partial charge in [0.15, 0.2) is 0 Å². The van der Waals surface area contributed by atoms with E-state index >= 15 is 0 Å². The topological polar surface area (TPSA) is 21.3 Å². The van der Waals surface area contributed by atoms with Crippen LogP contribution in [0.1, 0.15) is 45.1 Å². The van der Waals surface area contributed by atoms with Gasteiger partial charge in [0, 0.05) is 6.04 Å². The van der Waals surface area contributed by atoms with Gasteiger partial charge in [0.1, 0.15) is 5.75 Å². The largest absolute Gasteiger partial charge is 0.492 e. The predicted octanol–water partition coefficient (Wildman–Crippen LogP) is 4.59. The van der Waals surface area contributed by atoms with Crippen LogP contribution in [0.4, 0.5) is 0 Å². The fourth-order valence-electron chi connectivity index (χ4n) is 1.95. The van der Waals surface area contributed by atoms with Crippen LogP contribution in [0.25, 0.3) is 0 Å². The average molecular weight is 284 g/mol. The summed E-state index contributed by atoms with van der Waals surface area (Å²) in [6.45, 7) is 8.31. The molecule has 108 valence electrons. The summed E-state index contributed by atoms with van der Waals surface area (Å²) in [5.74, 6) is 0.796. The Bertz CT molecular complexity index is 368. The smallest absolute Gasteiger partial charge is 0.137 e. The number of hydrogen-bond donors (Lipinski definition) is 1. The van der Waals surface area contributed by atoms with E-state index in [1.165, 1.54) is 19.3 Å². The van der Waals surface area contributed by atoms with Gasteiger partial charge in [0.25, 0.3) is 0 Å². The number of rotatable bonds is 9. The Morgan fingerprint density at radius 1 is 1.32 bits per heavy atom. The van der Waals surface area contributed by atoms with E-state index in [2.05, 4.69) is 19.2 Å². The van der Waals surface area contributed by atoms with Crippen LogP contribution in [0.3, 0.4) is 0 Å². The molecule has 0 aliphatic rings. The summed E-state index contributed by atoms with van der Waals surface area (Å²) in [5, 5.41) is 4.20. The zero-order valence-electron chi connectivity index (χ0n) is 12.3. The lowest BCUT2D eigenvalue weighted by molar-refractivity contribution is 0.301. The molecule has 0 fully saturated rings. The minimum absolute atomic E-state index is 0.600. The summed E-state index contributed by atoms with van der Waals surface area (Å²) in [7, 11) is 0. The van der Waals surface area contributed by atoms with Gasteiger partial charge in [-0.1, -0.05) is 24.6 Å². The molecule has 0 saturated carbocycles. The lowest BCUT2D eigenvalue weighted by atomic mass is 10.1. The first-order valence-electron chi connectivity index (χ1n) is 7.25. The number of aryl methyl sites for hydroxylation is 1. The first-order valence-corrected chi connectivity index (χ1v) is 7.63. The predicted molar refractivity (Wildman–Crippen MR) is 83.3 cm³/mol. The summed E-state index contributed by atoms with van der Waals surface area (Å²) in [5.41, 5.74) is 1.16. The molecule has 0 bridgehead atoms. The Morgan fingerprint density at radius 2 is 2.11 bits per heavy atom. The molecule has 1 N–H and O–H groups in total. The molecular formula is C16H26ClNO. The maximum atomic E-state index is 6.11. The molecule has 0 aliphatic carbocycles. The normalized spacial score (nSPS) is 12.4. The number of unbranched alkanes of at least 4 members (excludes halogenated alkanes) is 1. The molecule has 1 aromatic carbocycles. The summed E-state index contributed by atoms with van der Waals surface area (Å²) < 4.78 is 5.70. The van der Waals surface area contributed by atoms with E-state index in [0.717, 1.165) is 30.9 Å². The summed E-state index contributed by atoms with van der Waals surface area (Å²) in [4.78, 5) is 0. The van der Waals surface area contributed by atoms with Gasteiger partial charge in [-0.3, -0.25) is 0 Å². The quantitative estimate of drug-likeness (QED) is 0.670. The molecule has 1 unspecified atom stereocenters. The second-order valence-corrected chi connectivity index (χ2v) is 5.54. The van der Waals surface area contributed by atoms with Crippen molar-refractivity contribution in [3.63, 3.8) is 0 Å². The summed E-state index contributed by atoms with van der Waals surface area (Å²) >= 11 is 6.11. The summed E-state index contributed by atoms with van der Waals surface area (Å²) in [6, 6.07) is 6.51. The Balaban J connectivity index is 2.13. The van der Waals surface area contributed by atoms with Crippen LogP contribution in [0.2, 0.25) is 5.02 Å². The van der Waals surface area contributed by atoms with Crippen molar-refractivity contribution in [1.82, 2.24) is 5.32 Å². The zero-order valence-corrected chi connectivity index (χ0v) is 13.1. The lowest BCUT2D eigenvalue weighted by Crippen LogP contribution is -2.26. The van der Waals surface area contributed by atoms with Gasteiger partial charge < -0.3 is 10.1 Å². The number of nitrogens with one attached hydrogen (secondary N) is 1. The van der Waals surface area contributed by atoms with E-state index in [9.17, 15) is 0 Å². The SMILES string of the molecule is CCCNC(C)CCCCOc1ccc(C)cc1Cl. The van der Waals surface area contributed by atoms with Gasteiger partial charge in [0.2, 0.25) is 0 Å². The highest BCUT2D eigenvalue weighted by Gasteiger charge is 2.02. The molecule has 0 amide bonds. The number of ether oxygens (including phenoxy) is 1. The number of hydrogen-bond acceptors (Lipinski definition) is 2. The van der Waals surface area contributed by atoms with Crippen molar-refractivity contribution in [2.24, 2.45) is 0 Å². The lowest BCUT2D eigenvalue weighted by Gasteiger charge is -2.13. The molecule has 3 heteroatoms. The highest BCUT2D eigenvalue weighted by atomic mass is 35.5. The van der Waals surface area contributed by atoms with Gasteiger partial charge in [-0.2, -0.15) is 0 Å². The van der Waals surface area contributed by atoms with Crippen LogP contribution in [-0.4, -0.2) is 19.2 Å². The van der Waals surface area contributed by atoms with Crippen LogP contribution < -0.4 is 10.1 Å². The van der Waals surface area contributed by atoms with Gasteiger partial charge >= 0.3 is 0 Å². The Labute approximate surface area is 122 Å². The number of halogens is 1. The molecular weight excluding hydrogens is 258 g/mol. The molecule has 0 saturated heterocycles. The van der Waals surface area contributed by atoms with Gasteiger partial charge in [-0.05, 0) is 63.8 Å². The third-order valence-electron chi connectivity index (χ3n) is 3.12. The second kappa shape index (κ2) is 9.22. The van der Waals surface area contributed by atoms with Crippen LogP contribution in [0, 0.1) is 6.92 Å². The van der Waals surface area contributed by atoms with Crippen molar-refractivity contribution in [2.45, 2.75) is 52.5 Å². The molecule has 1 atom stereocenters. The fraction of sp³-hybridized carbons (Fsp3) is 0.625. The third-order valence-corrected chi connectivity index (χ3v) is 3.41. The molecule has 0 heterocycles. The van der Waals surface area contributed by atoms with Crippen molar-refractivity contribution in [2.75, 3.05) is 13.2 Å². The summed E-state index contributed by atoms with van der Waals surface area (Å²) in [6.07, 6.45) is 4.65. The maximum Gasteiger partial charge on any atom is 0.137 e. The van der Waals surface area contributed by atoms with Gasteiger partial charge in [-0.15, -0.1) is 0 Å². The molecule has 2 nitrogen and oxygen atoms in total. The molecule has 1 aromatic rings. The monoisotopic (exact) mass is 283 g/mol. The van der Waals surface area contributed by atoms with Gasteiger partial charge in [-0.25, -0.2) is 0 Å². The highest BCUT2D eigenvalue weighted by Crippen LogP contribution is 2.25. The van der Waals surface area contributed by atoms with Crippen LogP contribution in [0.15, 0.2) is 18.2 Å². The van der Waals surface area contributed by atoms with Crippen molar-refractivity contribution >= 4 is 11.6 Å². The Kier molecular flexibility index (Phi) is 7.92. The second-order valence-electron chi connectivity index (χ2n) is 5.13.